The Balaban J connectivity index is 2.84. The number of hydrogen-bond donors (Lipinski definition) is 1. The number of anilines is 2. The van der Waals surface area contributed by atoms with Crippen molar-refractivity contribution in [3.05, 3.63) is 11.9 Å². The first-order valence-corrected chi connectivity index (χ1v) is 7.13. The number of nitrogens with zero attached hydrogens (tertiary/aromatic N) is 3. The topological polar surface area (TPSA) is 50.3 Å². The molecule has 0 atom stereocenters. The van der Waals surface area contributed by atoms with Gasteiger partial charge in [0.2, 0.25) is 0 Å². The zero-order chi connectivity index (χ0) is 14.1. The highest BCUT2D eigenvalue weighted by molar-refractivity contribution is 5.49. The SMILES string of the molecule is CCCc1nc(NC)cc(N(CC)CCOCC)n1. The van der Waals surface area contributed by atoms with Gasteiger partial charge in [0.1, 0.15) is 17.5 Å². The normalized spacial score (nSPS) is 10.5. The van der Waals surface area contributed by atoms with Gasteiger partial charge < -0.3 is 15.0 Å². The van der Waals surface area contributed by atoms with Crippen molar-refractivity contribution in [3.8, 4) is 0 Å². The van der Waals surface area contributed by atoms with Crippen molar-refractivity contribution in [2.45, 2.75) is 33.6 Å². The lowest BCUT2D eigenvalue weighted by Gasteiger charge is -2.22. The van der Waals surface area contributed by atoms with Crippen LogP contribution in [0.15, 0.2) is 6.07 Å². The molecule has 1 heterocycles. The molecular formula is C14H26N4O. The number of aryl methyl sites for hydroxylation is 1. The van der Waals surface area contributed by atoms with Crippen LogP contribution >= 0.6 is 0 Å². The Morgan fingerprint density at radius 2 is 2.05 bits per heavy atom. The maximum absolute atomic E-state index is 5.42. The Morgan fingerprint density at radius 3 is 2.63 bits per heavy atom. The summed E-state index contributed by atoms with van der Waals surface area (Å²) in [7, 11) is 1.89. The average Bonchev–Trinajstić information content (AvgIpc) is 2.43. The quantitative estimate of drug-likeness (QED) is 0.695. The van der Waals surface area contributed by atoms with Gasteiger partial charge in [-0.25, -0.2) is 9.97 Å². The van der Waals surface area contributed by atoms with Crippen molar-refractivity contribution >= 4 is 11.6 Å². The van der Waals surface area contributed by atoms with Crippen LogP contribution in [0.4, 0.5) is 11.6 Å². The number of aromatic nitrogens is 2. The molecule has 0 radical (unpaired) electrons. The maximum Gasteiger partial charge on any atom is 0.134 e. The minimum Gasteiger partial charge on any atom is -0.380 e. The van der Waals surface area contributed by atoms with Crippen LogP contribution in [0.25, 0.3) is 0 Å². The number of ether oxygens (including phenoxy) is 1. The first-order chi connectivity index (χ1) is 9.24. The molecule has 1 rings (SSSR count). The predicted octanol–water partition coefficient (Wildman–Crippen LogP) is 2.33. The second-order valence-corrected chi connectivity index (χ2v) is 4.30. The van der Waals surface area contributed by atoms with Gasteiger partial charge in [-0.3, -0.25) is 0 Å². The summed E-state index contributed by atoms with van der Waals surface area (Å²) in [5.41, 5.74) is 0. The second-order valence-electron chi connectivity index (χ2n) is 4.30. The lowest BCUT2D eigenvalue weighted by atomic mass is 10.3. The van der Waals surface area contributed by atoms with Crippen LogP contribution in [0, 0.1) is 0 Å². The van der Waals surface area contributed by atoms with Crippen molar-refractivity contribution in [2.75, 3.05) is 43.6 Å². The molecule has 1 aromatic rings. The summed E-state index contributed by atoms with van der Waals surface area (Å²) < 4.78 is 5.42. The number of likely N-dealkylation sites (N-methyl/N-ethyl adjacent to an activating group) is 1. The molecule has 0 aliphatic heterocycles. The van der Waals surface area contributed by atoms with E-state index in [2.05, 4.69) is 34.0 Å². The van der Waals surface area contributed by atoms with Gasteiger partial charge in [0, 0.05) is 39.2 Å². The van der Waals surface area contributed by atoms with Gasteiger partial charge in [-0.15, -0.1) is 0 Å². The number of hydrogen-bond acceptors (Lipinski definition) is 5. The minimum atomic E-state index is 0.729. The third-order valence-corrected chi connectivity index (χ3v) is 2.90. The molecule has 0 spiro atoms. The monoisotopic (exact) mass is 266 g/mol. The third kappa shape index (κ3) is 5.03. The lowest BCUT2D eigenvalue weighted by molar-refractivity contribution is 0.154. The van der Waals surface area contributed by atoms with Crippen LogP contribution < -0.4 is 10.2 Å². The van der Waals surface area contributed by atoms with Crippen molar-refractivity contribution in [2.24, 2.45) is 0 Å². The Hall–Kier alpha value is -1.36. The van der Waals surface area contributed by atoms with Crippen LogP contribution in [-0.2, 0) is 11.2 Å². The van der Waals surface area contributed by atoms with Gasteiger partial charge in [0.25, 0.3) is 0 Å². The number of rotatable bonds is 9. The largest absolute Gasteiger partial charge is 0.380 e. The molecule has 0 aliphatic rings. The van der Waals surface area contributed by atoms with Crippen molar-refractivity contribution < 1.29 is 4.74 Å². The van der Waals surface area contributed by atoms with E-state index in [4.69, 9.17) is 4.74 Å². The summed E-state index contributed by atoms with van der Waals surface area (Å²) in [6.07, 6.45) is 1.96. The number of nitrogens with one attached hydrogen (secondary N) is 1. The minimum absolute atomic E-state index is 0.729. The smallest absolute Gasteiger partial charge is 0.134 e. The van der Waals surface area contributed by atoms with Gasteiger partial charge >= 0.3 is 0 Å². The molecule has 5 heteroatoms. The van der Waals surface area contributed by atoms with Crippen LogP contribution in [0.5, 0.6) is 0 Å². The zero-order valence-corrected chi connectivity index (χ0v) is 12.6. The fourth-order valence-corrected chi connectivity index (χ4v) is 1.86. The van der Waals surface area contributed by atoms with Gasteiger partial charge in [0.05, 0.1) is 6.61 Å². The molecule has 108 valence electrons. The second kappa shape index (κ2) is 8.69. The zero-order valence-electron chi connectivity index (χ0n) is 12.6. The Morgan fingerprint density at radius 1 is 1.26 bits per heavy atom. The van der Waals surface area contributed by atoms with Gasteiger partial charge in [0.15, 0.2) is 0 Å². The Kier molecular flexibility index (Phi) is 7.18. The van der Waals surface area contributed by atoms with Crippen LogP contribution in [0.1, 0.15) is 33.0 Å². The summed E-state index contributed by atoms with van der Waals surface area (Å²) in [4.78, 5) is 11.3. The molecule has 0 fully saturated rings. The summed E-state index contributed by atoms with van der Waals surface area (Å²) in [6, 6.07) is 1.99. The fraction of sp³-hybridized carbons (Fsp3) is 0.714. The Bertz CT molecular complexity index is 370. The van der Waals surface area contributed by atoms with E-state index in [1.807, 2.05) is 20.0 Å². The molecule has 0 aromatic carbocycles. The van der Waals surface area contributed by atoms with Crippen molar-refractivity contribution in [1.29, 1.82) is 0 Å². The molecule has 19 heavy (non-hydrogen) atoms. The molecule has 1 aromatic heterocycles. The van der Waals surface area contributed by atoms with Gasteiger partial charge in [-0.05, 0) is 20.3 Å². The van der Waals surface area contributed by atoms with E-state index in [1.54, 1.807) is 0 Å². The van der Waals surface area contributed by atoms with E-state index in [1.165, 1.54) is 0 Å². The van der Waals surface area contributed by atoms with E-state index in [9.17, 15) is 0 Å². The molecule has 0 saturated heterocycles. The van der Waals surface area contributed by atoms with Crippen LogP contribution in [0.3, 0.4) is 0 Å². The molecule has 0 bridgehead atoms. The predicted molar refractivity (Wildman–Crippen MR) is 80.0 cm³/mol. The van der Waals surface area contributed by atoms with Crippen LogP contribution in [0.2, 0.25) is 0 Å². The van der Waals surface area contributed by atoms with E-state index in [0.717, 1.165) is 56.6 Å². The Labute approximate surface area is 116 Å². The van der Waals surface area contributed by atoms with Crippen molar-refractivity contribution in [3.63, 3.8) is 0 Å². The third-order valence-electron chi connectivity index (χ3n) is 2.90. The molecule has 0 saturated carbocycles. The van der Waals surface area contributed by atoms with Crippen molar-refractivity contribution in [1.82, 2.24) is 9.97 Å². The summed E-state index contributed by atoms with van der Waals surface area (Å²) in [5.74, 6) is 2.76. The molecular weight excluding hydrogens is 240 g/mol. The summed E-state index contributed by atoms with van der Waals surface area (Å²) in [6.45, 7) is 9.54. The van der Waals surface area contributed by atoms with Gasteiger partial charge in [-0.1, -0.05) is 6.92 Å². The first-order valence-electron chi connectivity index (χ1n) is 7.13. The molecule has 5 nitrogen and oxygen atoms in total. The molecule has 0 aliphatic carbocycles. The standard InChI is InChI=1S/C14H26N4O/c1-5-8-12-16-13(15-4)11-14(17-12)18(6-2)9-10-19-7-3/h11H,5-10H2,1-4H3,(H,15,16,17). The average molecular weight is 266 g/mol. The highest BCUT2D eigenvalue weighted by Gasteiger charge is 2.09. The maximum atomic E-state index is 5.42. The molecule has 0 unspecified atom stereocenters. The van der Waals surface area contributed by atoms with Crippen LogP contribution in [-0.4, -0.2) is 43.3 Å². The van der Waals surface area contributed by atoms with E-state index < -0.39 is 0 Å². The molecule has 0 amide bonds. The van der Waals surface area contributed by atoms with E-state index >= 15 is 0 Å². The highest BCUT2D eigenvalue weighted by Crippen LogP contribution is 2.16. The lowest BCUT2D eigenvalue weighted by Crippen LogP contribution is -2.28. The van der Waals surface area contributed by atoms with E-state index in [0.29, 0.717) is 0 Å². The van der Waals surface area contributed by atoms with E-state index in [-0.39, 0.29) is 0 Å². The van der Waals surface area contributed by atoms with Gasteiger partial charge in [-0.2, -0.15) is 0 Å². The first kappa shape index (κ1) is 15.7. The highest BCUT2D eigenvalue weighted by atomic mass is 16.5. The fourth-order valence-electron chi connectivity index (χ4n) is 1.86. The molecule has 1 N–H and O–H groups in total. The summed E-state index contributed by atoms with van der Waals surface area (Å²) in [5, 5.41) is 3.10. The summed E-state index contributed by atoms with van der Waals surface area (Å²) >= 11 is 0.